The van der Waals surface area contributed by atoms with E-state index < -0.39 is 10.0 Å². The van der Waals surface area contributed by atoms with E-state index in [0.717, 1.165) is 12.1 Å². The Morgan fingerprint density at radius 2 is 1.90 bits per heavy atom. The number of sulfonamides is 1. The first-order valence-corrected chi connectivity index (χ1v) is 7.67. The molecule has 7 heteroatoms. The van der Waals surface area contributed by atoms with E-state index in [-0.39, 0.29) is 5.03 Å². The molecule has 0 radical (unpaired) electrons. The highest BCUT2D eigenvalue weighted by Crippen LogP contribution is 2.16. The normalized spacial score (nSPS) is 11.6. The second-order valence-corrected chi connectivity index (χ2v) is 6.20. The van der Waals surface area contributed by atoms with Crippen molar-refractivity contribution in [1.29, 1.82) is 0 Å². The van der Waals surface area contributed by atoms with Crippen LogP contribution >= 0.6 is 0 Å². The van der Waals surface area contributed by atoms with Crippen LogP contribution in [0.3, 0.4) is 0 Å². The second-order valence-electron chi connectivity index (χ2n) is 4.57. The van der Waals surface area contributed by atoms with Crippen LogP contribution < -0.4 is 10.0 Å². The van der Waals surface area contributed by atoms with Crippen molar-refractivity contribution in [2.45, 2.75) is 18.5 Å². The summed E-state index contributed by atoms with van der Waals surface area (Å²) in [5, 5.41) is 3.06. The molecule has 2 rings (SSSR count). The molecule has 2 aromatic rings. The highest BCUT2D eigenvalue weighted by Gasteiger charge is 2.18. The molecule has 0 fully saturated rings. The van der Waals surface area contributed by atoms with Gasteiger partial charge in [0.2, 0.25) is 0 Å². The Hall–Kier alpha value is -1.86. The number of rotatable bonds is 5. The Bertz CT molecular complexity index is 670. The van der Waals surface area contributed by atoms with E-state index in [1.807, 2.05) is 19.2 Å². The molecule has 2 N–H and O–H groups in total. The minimum Gasteiger partial charge on any atom is -0.337 e. The first kappa shape index (κ1) is 14.5. The summed E-state index contributed by atoms with van der Waals surface area (Å²) >= 11 is 0. The Balaban J connectivity index is 2.19. The molecule has 0 amide bonds. The molecular weight excluding hydrogens is 276 g/mol. The molecule has 0 atom stereocenters. The van der Waals surface area contributed by atoms with E-state index in [0.29, 0.717) is 11.5 Å². The lowest BCUT2D eigenvalue weighted by Crippen LogP contribution is -2.13. The van der Waals surface area contributed by atoms with Crippen molar-refractivity contribution >= 4 is 15.7 Å². The van der Waals surface area contributed by atoms with E-state index in [9.17, 15) is 8.42 Å². The van der Waals surface area contributed by atoms with Crippen molar-refractivity contribution in [1.82, 2.24) is 14.9 Å². The van der Waals surface area contributed by atoms with Gasteiger partial charge in [0.1, 0.15) is 5.82 Å². The SMILES string of the molecule is CNCc1ccc(NS(=O)(=O)c2cn(C)c(C)n2)cc1. The minimum atomic E-state index is -3.64. The van der Waals surface area contributed by atoms with Crippen molar-refractivity contribution in [3.8, 4) is 0 Å². The zero-order valence-corrected chi connectivity index (χ0v) is 12.5. The zero-order valence-electron chi connectivity index (χ0n) is 11.7. The number of benzene rings is 1. The van der Waals surface area contributed by atoms with E-state index in [1.165, 1.54) is 6.20 Å². The molecule has 1 aromatic heterocycles. The molecule has 20 heavy (non-hydrogen) atoms. The highest BCUT2D eigenvalue weighted by atomic mass is 32.2. The number of anilines is 1. The van der Waals surface area contributed by atoms with Crippen LogP contribution in [-0.4, -0.2) is 25.0 Å². The number of hydrogen-bond donors (Lipinski definition) is 2. The predicted molar refractivity (Wildman–Crippen MR) is 78.0 cm³/mol. The lowest BCUT2D eigenvalue weighted by atomic mass is 10.2. The Kier molecular flexibility index (Phi) is 4.10. The maximum absolute atomic E-state index is 12.2. The van der Waals surface area contributed by atoms with Crippen LogP contribution in [0.2, 0.25) is 0 Å². The van der Waals surface area contributed by atoms with Crippen LogP contribution in [0.15, 0.2) is 35.5 Å². The monoisotopic (exact) mass is 294 g/mol. The number of aryl methyl sites for hydroxylation is 2. The second kappa shape index (κ2) is 5.64. The third-order valence-electron chi connectivity index (χ3n) is 2.95. The number of nitrogens with one attached hydrogen (secondary N) is 2. The van der Waals surface area contributed by atoms with Gasteiger partial charge in [0.25, 0.3) is 10.0 Å². The molecule has 1 heterocycles. The Labute approximate surface area is 118 Å². The maximum atomic E-state index is 12.2. The van der Waals surface area contributed by atoms with Crippen LogP contribution in [0.1, 0.15) is 11.4 Å². The summed E-state index contributed by atoms with van der Waals surface area (Å²) in [6.45, 7) is 2.50. The van der Waals surface area contributed by atoms with Crippen molar-refractivity contribution in [2.75, 3.05) is 11.8 Å². The van der Waals surface area contributed by atoms with Crippen LogP contribution in [-0.2, 0) is 23.6 Å². The van der Waals surface area contributed by atoms with Crippen molar-refractivity contribution < 1.29 is 8.42 Å². The fourth-order valence-corrected chi connectivity index (χ4v) is 2.86. The summed E-state index contributed by atoms with van der Waals surface area (Å²) in [6, 6.07) is 7.22. The Morgan fingerprint density at radius 3 is 2.40 bits per heavy atom. The van der Waals surface area contributed by atoms with Gasteiger partial charge >= 0.3 is 0 Å². The van der Waals surface area contributed by atoms with E-state index in [1.54, 1.807) is 30.7 Å². The van der Waals surface area contributed by atoms with Gasteiger partial charge in [-0.2, -0.15) is 8.42 Å². The third kappa shape index (κ3) is 3.17. The lowest BCUT2D eigenvalue weighted by molar-refractivity contribution is 0.598. The van der Waals surface area contributed by atoms with E-state index in [4.69, 9.17) is 0 Å². The van der Waals surface area contributed by atoms with Gasteiger partial charge in [-0.15, -0.1) is 0 Å². The number of nitrogens with zero attached hydrogens (tertiary/aromatic N) is 2. The molecule has 108 valence electrons. The molecule has 0 aliphatic carbocycles. The highest BCUT2D eigenvalue weighted by molar-refractivity contribution is 7.92. The van der Waals surface area contributed by atoms with Gasteiger partial charge < -0.3 is 9.88 Å². The van der Waals surface area contributed by atoms with Crippen LogP contribution in [0, 0.1) is 6.92 Å². The number of imidazole rings is 1. The van der Waals surface area contributed by atoms with Crippen molar-refractivity contribution in [3.63, 3.8) is 0 Å². The average molecular weight is 294 g/mol. The molecule has 0 saturated heterocycles. The summed E-state index contributed by atoms with van der Waals surface area (Å²) in [5.74, 6) is 0.648. The third-order valence-corrected chi connectivity index (χ3v) is 4.20. The summed E-state index contributed by atoms with van der Waals surface area (Å²) < 4.78 is 28.5. The van der Waals surface area contributed by atoms with Gasteiger partial charge in [-0.3, -0.25) is 4.72 Å². The first-order valence-electron chi connectivity index (χ1n) is 6.18. The molecule has 0 aliphatic heterocycles. The zero-order chi connectivity index (χ0) is 14.8. The molecular formula is C13H18N4O2S. The standard InChI is InChI=1S/C13H18N4O2S/c1-10-15-13(9-17(10)3)20(18,19)16-12-6-4-11(5-7-12)8-14-2/h4-7,9,14,16H,8H2,1-3H3. The van der Waals surface area contributed by atoms with Gasteiger partial charge in [0.15, 0.2) is 5.03 Å². The predicted octanol–water partition coefficient (Wildman–Crippen LogP) is 1.25. The molecule has 6 nitrogen and oxygen atoms in total. The summed E-state index contributed by atoms with van der Waals surface area (Å²) in [4.78, 5) is 4.03. The molecule has 1 aromatic carbocycles. The van der Waals surface area contributed by atoms with Gasteiger partial charge in [-0.1, -0.05) is 12.1 Å². The topological polar surface area (TPSA) is 76.0 Å². The molecule has 0 saturated carbocycles. The fourth-order valence-electron chi connectivity index (χ4n) is 1.76. The largest absolute Gasteiger partial charge is 0.337 e. The van der Waals surface area contributed by atoms with Crippen LogP contribution in [0.25, 0.3) is 0 Å². The quantitative estimate of drug-likeness (QED) is 0.870. The van der Waals surface area contributed by atoms with Gasteiger partial charge in [-0.25, -0.2) is 4.98 Å². The van der Waals surface area contributed by atoms with Crippen LogP contribution in [0.4, 0.5) is 5.69 Å². The van der Waals surface area contributed by atoms with Crippen molar-refractivity contribution in [3.05, 3.63) is 41.9 Å². The molecule has 0 aliphatic rings. The summed E-state index contributed by atoms with van der Waals surface area (Å²) in [7, 11) is -0.0187. The molecule has 0 spiro atoms. The number of hydrogen-bond acceptors (Lipinski definition) is 4. The smallest absolute Gasteiger partial charge is 0.280 e. The Morgan fingerprint density at radius 1 is 1.25 bits per heavy atom. The minimum absolute atomic E-state index is 0.0248. The maximum Gasteiger partial charge on any atom is 0.280 e. The summed E-state index contributed by atoms with van der Waals surface area (Å²) in [6.07, 6.45) is 1.49. The summed E-state index contributed by atoms with van der Waals surface area (Å²) in [5.41, 5.74) is 1.61. The number of aromatic nitrogens is 2. The molecule has 0 unspecified atom stereocenters. The van der Waals surface area contributed by atoms with Gasteiger partial charge in [0.05, 0.1) is 0 Å². The van der Waals surface area contributed by atoms with Gasteiger partial charge in [0, 0.05) is 25.5 Å². The average Bonchev–Trinajstić information content (AvgIpc) is 2.73. The fraction of sp³-hybridized carbons (Fsp3) is 0.308. The van der Waals surface area contributed by atoms with E-state index in [2.05, 4.69) is 15.0 Å². The van der Waals surface area contributed by atoms with Crippen LogP contribution in [0.5, 0.6) is 0 Å². The molecule has 0 bridgehead atoms. The lowest BCUT2D eigenvalue weighted by Gasteiger charge is -2.06. The van der Waals surface area contributed by atoms with Crippen molar-refractivity contribution in [2.24, 2.45) is 7.05 Å². The van der Waals surface area contributed by atoms with Gasteiger partial charge in [-0.05, 0) is 31.7 Å². The first-order chi connectivity index (χ1) is 9.42. The van der Waals surface area contributed by atoms with E-state index >= 15 is 0 Å².